The van der Waals surface area contributed by atoms with Gasteiger partial charge in [0, 0.05) is 11.5 Å². The molecule has 0 aliphatic carbocycles. The molecule has 0 spiro atoms. The van der Waals surface area contributed by atoms with E-state index in [0.717, 1.165) is 5.56 Å². The van der Waals surface area contributed by atoms with Gasteiger partial charge < -0.3 is 4.74 Å². The lowest BCUT2D eigenvalue weighted by Crippen LogP contribution is -2.23. The summed E-state index contributed by atoms with van der Waals surface area (Å²) in [4.78, 5) is 12.4. The largest absolute Gasteiger partial charge is 0.496 e. The monoisotopic (exact) mass is 259 g/mol. The lowest BCUT2D eigenvalue weighted by Gasteiger charge is -2.19. The Balaban J connectivity index is 3.21. The van der Waals surface area contributed by atoms with Crippen molar-refractivity contribution in [3.8, 4) is 11.8 Å². The maximum absolute atomic E-state index is 12.4. The average molecular weight is 259 g/mol. The molecule has 0 amide bonds. The molecule has 0 aromatic heterocycles. The van der Waals surface area contributed by atoms with Crippen LogP contribution in [0, 0.1) is 30.1 Å². The second-order valence-electron chi connectivity index (χ2n) is 5.24. The maximum atomic E-state index is 12.4. The highest BCUT2D eigenvalue weighted by molar-refractivity contribution is 5.91. The Morgan fingerprint density at radius 2 is 1.95 bits per heavy atom. The lowest BCUT2D eigenvalue weighted by atomic mass is 9.83. The van der Waals surface area contributed by atoms with Crippen LogP contribution in [0.2, 0.25) is 0 Å². The number of ketones is 1. The maximum Gasteiger partial charge on any atom is 0.157 e. The molecule has 0 saturated carbocycles. The SMILES string of the molecule is COc1ccc(C)cc1C(C#N)C(=O)C(C)C(C)C. The minimum absolute atomic E-state index is 0.0404. The van der Waals surface area contributed by atoms with Crippen molar-refractivity contribution in [1.82, 2.24) is 0 Å². The first-order valence-electron chi connectivity index (χ1n) is 6.50. The van der Waals surface area contributed by atoms with Crippen LogP contribution in [0.4, 0.5) is 0 Å². The number of carbonyl (C=O) groups is 1. The molecule has 1 aromatic rings. The molecule has 2 unspecified atom stereocenters. The van der Waals surface area contributed by atoms with Gasteiger partial charge in [-0.2, -0.15) is 5.26 Å². The predicted octanol–water partition coefficient (Wildman–Crippen LogP) is 3.47. The Kier molecular flexibility index (Phi) is 5.11. The van der Waals surface area contributed by atoms with Crippen molar-refractivity contribution < 1.29 is 9.53 Å². The second kappa shape index (κ2) is 6.38. The number of Topliss-reactive ketones (excluding diaryl/α,β-unsaturated/α-hetero) is 1. The van der Waals surface area contributed by atoms with Crippen LogP contribution in [-0.2, 0) is 4.79 Å². The van der Waals surface area contributed by atoms with Gasteiger partial charge in [0.15, 0.2) is 5.78 Å². The van der Waals surface area contributed by atoms with Crippen molar-refractivity contribution in [2.75, 3.05) is 7.11 Å². The first-order chi connectivity index (χ1) is 8.92. The van der Waals surface area contributed by atoms with E-state index in [1.807, 2.05) is 45.9 Å². The van der Waals surface area contributed by atoms with Gasteiger partial charge in [0.2, 0.25) is 0 Å². The van der Waals surface area contributed by atoms with E-state index in [0.29, 0.717) is 11.3 Å². The van der Waals surface area contributed by atoms with E-state index in [1.54, 1.807) is 7.11 Å². The normalized spacial score (nSPS) is 13.7. The Morgan fingerprint density at radius 3 is 2.42 bits per heavy atom. The smallest absolute Gasteiger partial charge is 0.157 e. The molecule has 102 valence electrons. The fraction of sp³-hybridized carbons (Fsp3) is 0.500. The van der Waals surface area contributed by atoms with Crippen molar-refractivity contribution in [2.45, 2.75) is 33.6 Å². The summed E-state index contributed by atoms with van der Waals surface area (Å²) in [6.45, 7) is 7.79. The third-order valence-corrected chi connectivity index (χ3v) is 3.56. The van der Waals surface area contributed by atoms with Crippen LogP contribution in [0.1, 0.15) is 37.8 Å². The van der Waals surface area contributed by atoms with Crippen LogP contribution >= 0.6 is 0 Å². The van der Waals surface area contributed by atoms with E-state index in [-0.39, 0.29) is 17.6 Å². The third kappa shape index (κ3) is 3.35. The summed E-state index contributed by atoms with van der Waals surface area (Å²) in [5, 5.41) is 9.37. The highest BCUT2D eigenvalue weighted by Gasteiger charge is 2.29. The van der Waals surface area contributed by atoms with Crippen molar-refractivity contribution in [1.29, 1.82) is 5.26 Å². The Bertz CT molecular complexity index is 500. The molecular formula is C16H21NO2. The third-order valence-electron chi connectivity index (χ3n) is 3.56. The summed E-state index contributed by atoms with van der Waals surface area (Å²) < 4.78 is 5.27. The highest BCUT2D eigenvalue weighted by atomic mass is 16.5. The van der Waals surface area contributed by atoms with Crippen LogP contribution in [0.3, 0.4) is 0 Å². The fourth-order valence-corrected chi connectivity index (χ4v) is 1.96. The van der Waals surface area contributed by atoms with Crippen LogP contribution < -0.4 is 4.74 Å². The molecule has 0 saturated heterocycles. The van der Waals surface area contributed by atoms with Gasteiger partial charge in [0.25, 0.3) is 0 Å². The molecule has 0 bridgehead atoms. The summed E-state index contributed by atoms with van der Waals surface area (Å²) in [5.74, 6) is -0.121. The van der Waals surface area contributed by atoms with Crippen LogP contribution in [0.15, 0.2) is 18.2 Å². The summed E-state index contributed by atoms with van der Waals surface area (Å²) in [6, 6.07) is 7.70. The summed E-state index contributed by atoms with van der Waals surface area (Å²) in [5.41, 5.74) is 1.68. The zero-order valence-electron chi connectivity index (χ0n) is 12.2. The van der Waals surface area contributed by atoms with Crippen molar-refractivity contribution in [3.63, 3.8) is 0 Å². The zero-order valence-corrected chi connectivity index (χ0v) is 12.2. The first-order valence-corrected chi connectivity index (χ1v) is 6.50. The second-order valence-corrected chi connectivity index (χ2v) is 5.24. The number of hydrogen-bond donors (Lipinski definition) is 0. The summed E-state index contributed by atoms with van der Waals surface area (Å²) in [7, 11) is 1.55. The number of methoxy groups -OCH3 is 1. The standard InChI is InChI=1S/C16H21NO2/c1-10(2)12(4)16(18)14(9-17)13-8-11(3)6-7-15(13)19-5/h6-8,10,12,14H,1-5H3. The van der Waals surface area contributed by atoms with E-state index in [9.17, 15) is 10.1 Å². The van der Waals surface area contributed by atoms with E-state index >= 15 is 0 Å². The number of nitrogens with zero attached hydrogens (tertiary/aromatic N) is 1. The van der Waals surface area contributed by atoms with Crippen molar-refractivity contribution in [2.24, 2.45) is 11.8 Å². The zero-order chi connectivity index (χ0) is 14.6. The number of benzene rings is 1. The summed E-state index contributed by atoms with van der Waals surface area (Å²) >= 11 is 0. The topological polar surface area (TPSA) is 50.1 Å². The minimum Gasteiger partial charge on any atom is -0.496 e. The Morgan fingerprint density at radius 1 is 1.32 bits per heavy atom. The Labute approximate surface area is 115 Å². The highest BCUT2D eigenvalue weighted by Crippen LogP contribution is 2.31. The number of nitriles is 1. The lowest BCUT2D eigenvalue weighted by molar-refractivity contribution is -0.123. The molecule has 0 N–H and O–H groups in total. The minimum atomic E-state index is -0.757. The van der Waals surface area contributed by atoms with Gasteiger partial charge in [-0.25, -0.2) is 0 Å². The molecule has 1 rings (SSSR count). The van der Waals surface area contributed by atoms with E-state index in [1.165, 1.54) is 0 Å². The molecule has 0 fully saturated rings. The van der Waals surface area contributed by atoms with Crippen LogP contribution in [0.25, 0.3) is 0 Å². The van der Waals surface area contributed by atoms with Gasteiger partial charge in [0.1, 0.15) is 11.7 Å². The molecule has 19 heavy (non-hydrogen) atoms. The number of ether oxygens (including phenoxy) is 1. The van der Waals surface area contributed by atoms with E-state index in [2.05, 4.69) is 6.07 Å². The molecule has 0 aliphatic heterocycles. The van der Waals surface area contributed by atoms with Gasteiger partial charge in [-0.3, -0.25) is 4.79 Å². The van der Waals surface area contributed by atoms with E-state index < -0.39 is 5.92 Å². The fourth-order valence-electron chi connectivity index (χ4n) is 1.96. The van der Waals surface area contributed by atoms with Gasteiger partial charge in [-0.1, -0.05) is 38.5 Å². The average Bonchev–Trinajstić information content (AvgIpc) is 2.38. The number of rotatable bonds is 5. The van der Waals surface area contributed by atoms with Gasteiger partial charge in [-0.15, -0.1) is 0 Å². The molecule has 0 heterocycles. The number of hydrogen-bond acceptors (Lipinski definition) is 3. The number of carbonyl (C=O) groups excluding carboxylic acids is 1. The number of aryl methyl sites for hydroxylation is 1. The predicted molar refractivity (Wildman–Crippen MR) is 75.1 cm³/mol. The van der Waals surface area contributed by atoms with Gasteiger partial charge in [0.05, 0.1) is 13.2 Å². The van der Waals surface area contributed by atoms with E-state index in [4.69, 9.17) is 4.74 Å². The molecule has 1 aromatic carbocycles. The molecular weight excluding hydrogens is 238 g/mol. The molecule has 3 nitrogen and oxygen atoms in total. The molecule has 0 aliphatic rings. The molecule has 2 atom stereocenters. The van der Waals surface area contributed by atoms with Crippen molar-refractivity contribution >= 4 is 5.78 Å². The van der Waals surface area contributed by atoms with Crippen molar-refractivity contribution in [3.05, 3.63) is 29.3 Å². The summed E-state index contributed by atoms with van der Waals surface area (Å²) in [6.07, 6.45) is 0. The van der Waals surface area contributed by atoms with Gasteiger partial charge >= 0.3 is 0 Å². The van der Waals surface area contributed by atoms with Crippen LogP contribution in [-0.4, -0.2) is 12.9 Å². The van der Waals surface area contributed by atoms with Crippen LogP contribution in [0.5, 0.6) is 5.75 Å². The quantitative estimate of drug-likeness (QED) is 0.813. The molecule has 3 heteroatoms. The van der Waals surface area contributed by atoms with Gasteiger partial charge in [-0.05, 0) is 18.9 Å². The Hall–Kier alpha value is -1.82. The first kappa shape index (κ1) is 15.2. The molecule has 0 radical (unpaired) electrons.